The van der Waals surface area contributed by atoms with Gasteiger partial charge >= 0.3 is 5.97 Å². The van der Waals surface area contributed by atoms with Crippen LogP contribution >= 0.6 is 0 Å². The highest BCUT2D eigenvalue weighted by Crippen LogP contribution is 2.39. The van der Waals surface area contributed by atoms with Gasteiger partial charge in [0.15, 0.2) is 5.79 Å². The van der Waals surface area contributed by atoms with Crippen LogP contribution in [0.4, 0.5) is 0 Å². The molecule has 2 N–H and O–H groups in total. The van der Waals surface area contributed by atoms with E-state index in [4.69, 9.17) is 19.4 Å². The molecule has 1 unspecified atom stereocenters. The van der Waals surface area contributed by atoms with Crippen molar-refractivity contribution in [2.45, 2.75) is 65.7 Å². The lowest BCUT2D eigenvalue weighted by Gasteiger charge is -2.36. The zero-order chi connectivity index (χ0) is 18.9. The number of nitrogens with one attached hydrogen (secondary N) is 1. The molecule has 6 nitrogen and oxygen atoms in total. The highest BCUT2D eigenvalue weighted by atomic mass is 16.7. The first-order valence-corrected chi connectivity index (χ1v) is 8.91. The van der Waals surface area contributed by atoms with Crippen LogP contribution in [-0.4, -0.2) is 42.8 Å². The molecule has 1 aliphatic heterocycles. The van der Waals surface area contributed by atoms with Crippen molar-refractivity contribution in [2.75, 3.05) is 19.8 Å². The van der Waals surface area contributed by atoms with E-state index in [0.29, 0.717) is 26.2 Å². The van der Waals surface area contributed by atoms with Crippen molar-refractivity contribution in [3.8, 4) is 0 Å². The quantitative estimate of drug-likeness (QED) is 0.271. The summed E-state index contributed by atoms with van der Waals surface area (Å²) in [5, 5.41) is 9.10. The Morgan fingerprint density at radius 3 is 2.60 bits per heavy atom. The number of hydrogen-bond acceptors (Lipinski definition) is 6. The summed E-state index contributed by atoms with van der Waals surface area (Å²) in [4.78, 5) is 11.4. The summed E-state index contributed by atoms with van der Waals surface area (Å²) >= 11 is 0. The van der Waals surface area contributed by atoms with E-state index >= 15 is 0 Å². The summed E-state index contributed by atoms with van der Waals surface area (Å²) in [6.07, 6.45) is 7.60. The maximum absolute atomic E-state index is 11.4. The lowest BCUT2D eigenvalue weighted by Crippen LogP contribution is -2.41. The third-order valence-corrected chi connectivity index (χ3v) is 4.08. The molecule has 0 aromatic carbocycles. The van der Waals surface area contributed by atoms with Crippen LogP contribution in [0.15, 0.2) is 23.8 Å². The minimum absolute atomic E-state index is 0.0553. The highest BCUT2D eigenvalue weighted by Gasteiger charge is 2.42. The van der Waals surface area contributed by atoms with Crippen LogP contribution in [0.2, 0.25) is 0 Å². The standard InChI is InChI=1S/C19H33NO5/c1-6-23-17(21)12-15(2)8-7-9-18(4,5)14-19(13-16(3)20-22)24-10-11-25-19/h7-8,12,16,20,22H,6,9-11,13-14H2,1-5H3/b8-7+,15-12-. The van der Waals surface area contributed by atoms with E-state index in [1.54, 1.807) is 6.92 Å². The third kappa shape index (κ3) is 8.14. The Morgan fingerprint density at radius 1 is 1.40 bits per heavy atom. The summed E-state index contributed by atoms with van der Waals surface area (Å²) in [6, 6.07) is -0.112. The Hall–Kier alpha value is -1.21. The van der Waals surface area contributed by atoms with Gasteiger partial charge in [-0.2, -0.15) is 0 Å². The second kappa shape index (κ2) is 10.1. The normalized spacial score (nSPS) is 19.4. The Bertz CT molecular complexity index is 478. The molecule has 0 aromatic heterocycles. The number of rotatable bonds is 10. The van der Waals surface area contributed by atoms with Crippen LogP contribution in [0.25, 0.3) is 0 Å². The van der Waals surface area contributed by atoms with Crippen LogP contribution in [-0.2, 0) is 19.0 Å². The Kier molecular flexibility index (Phi) is 8.79. The molecule has 0 amide bonds. The van der Waals surface area contributed by atoms with Crippen molar-refractivity contribution < 1.29 is 24.2 Å². The van der Waals surface area contributed by atoms with Crippen molar-refractivity contribution in [1.29, 1.82) is 0 Å². The van der Waals surface area contributed by atoms with E-state index in [9.17, 15) is 4.79 Å². The zero-order valence-corrected chi connectivity index (χ0v) is 16.1. The summed E-state index contributed by atoms with van der Waals surface area (Å²) in [5.74, 6) is -0.983. The number of hydrogen-bond donors (Lipinski definition) is 2. The molecule has 1 heterocycles. The molecule has 1 saturated heterocycles. The molecule has 0 radical (unpaired) electrons. The minimum atomic E-state index is -0.664. The van der Waals surface area contributed by atoms with Crippen molar-refractivity contribution in [1.82, 2.24) is 5.48 Å². The SMILES string of the molecule is CCOC(=O)/C=C(C)\C=C\CC(C)(C)CC1(CC(C)NO)OCCO1. The lowest BCUT2D eigenvalue weighted by atomic mass is 9.80. The topological polar surface area (TPSA) is 77.0 Å². The van der Waals surface area contributed by atoms with Crippen molar-refractivity contribution in [3.63, 3.8) is 0 Å². The van der Waals surface area contributed by atoms with E-state index in [1.165, 1.54) is 6.08 Å². The Labute approximate surface area is 151 Å². The number of ether oxygens (including phenoxy) is 3. The van der Waals surface area contributed by atoms with Crippen molar-refractivity contribution in [2.24, 2.45) is 5.41 Å². The van der Waals surface area contributed by atoms with Gasteiger partial charge in [-0.1, -0.05) is 26.0 Å². The van der Waals surface area contributed by atoms with Gasteiger partial charge in [0.1, 0.15) is 0 Å². The van der Waals surface area contributed by atoms with Gasteiger partial charge in [-0.25, -0.2) is 10.3 Å². The summed E-state index contributed by atoms with van der Waals surface area (Å²) < 4.78 is 16.7. The van der Waals surface area contributed by atoms with Gasteiger partial charge in [0.05, 0.1) is 19.8 Å². The fraction of sp³-hybridized carbons (Fsp3) is 0.737. The van der Waals surface area contributed by atoms with Crippen molar-refractivity contribution >= 4 is 5.97 Å². The average molecular weight is 355 g/mol. The third-order valence-electron chi connectivity index (χ3n) is 4.08. The van der Waals surface area contributed by atoms with Gasteiger partial charge in [-0.15, -0.1) is 0 Å². The van der Waals surface area contributed by atoms with Crippen molar-refractivity contribution in [3.05, 3.63) is 23.8 Å². The zero-order valence-electron chi connectivity index (χ0n) is 16.1. The Morgan fingerprint density at radius 2 is 2.04 bits per heavy atom. The first-order chi connectivity index (χ1) is 11.7. The van der Waals surface area contributed by atoms with Crippen LogP contribution in [0.1, 0.15) is 53.9 Å². The van der Waals surface area contributed by atoms with Crippen LogP contribution in [0, 0.1) is 5.41 Å². The Balaban J connectivity index is 2.64. The van der Waals surface area contributed by atoms with E-state index in [2.05, 4.69) is 25.4 Å². The minimum Gasteiger partial charge on any atom is -0.463 e. The maximum atomic E-state index is 11.4. The second-order valence-electron chi connectivity index (χ2n) is 7.43. The molecular formula is C19H33NO5. The number of carbonyl (C=O) groups is 1. The fourth-order valence-electron chi connectivity index (χ4n) is 3.08. The van der Waals surface area contributed by atoms with Crippen LogP contribution in [0.5, 0.6) is 0 Å². The van der Waals surface area contributed by atoms with Gasteiger partial charge in [0.2, 0.25) is 0 Å². The molecular weight excluding hydrogens is 322 g/mol. The van der Waals surface area contributed by atoms with E-state index < -0.39 is 5.79 Å². The van der Waals surface area contributed by atoms with Gasteiger partial charge < -0.3 is 19.4 Å². The molecule has 144 valence electrons. The summed E-state index contributed by atoms with van der Waals surface area (Å²) in [7, 11) is 0. The first-order valence-electron chi connectivity index (χ1n) is 8.91. The molecule has 1 fully saturated rings. The summed E-state index contributed by atoms with van der Waals surface area (Å²) in [6.45, 7) is 11.4. The summed E-state index contributed by atoms with van der Waals surface area (Å²) in [5.41, 5.74) is 3.07. The van der Waals surface area contributed by atoms with E-state index in [1.807, 2.05) is 19.9 Å². The second-order valence-corrected chi connectivity index (χ2v) is 7.43. The number of allylic oxidation sites excluding steroid dienone is 3. The van der Waals surface area contributed by atoms with Gasteiger partial charge in [0, 0.05) is 25.0 Å². The molecule has 6 heteroatoms. The van der Waals surface area contributed by atoms with Crippen LogP contribution in [0.3, 0.4) is 0 Å². The molecule has 1 rings (SSSR count). The molecule has 0 aromatic rings. The lowest BCUT2D eigenvalue weighted by molar-refractivity contribution is -0.189. The maximum Gasteiger partial charge on any atom is 0.330 e. The molecule has 0 spiro atoms. The largest absolute Gasteiger partial charge is 0.463 e. The number of esters is 1. The van der Waals surface area contributed by atoms with Gasteiger partial charge in [0.25, 0.3) is 0 Å². The monoisotopic (exact) mass is 355 g/mol. The molecule has 0 bridgehead atoms. The first kappa shape index (κ1) is 21.8. The molecule has 1 aliphatic rings. The predicted molar refractivity (Wildman–Crippen MR) is 96.2 cm³/mol. The van der Waals surface area contributed by atoms with Gasteiger partial charge in [-0.05, 0) is 38.2 Å². The molecule has 25 heavy (non-hydrogen) atoms. The van der Waals surface area contributed by atoms with E-state index in [0.717, 1.165) is 18.4 Å². The fourth-order valence-corrected chi connectivity index (χ4v) is 3.08. The molecule has 1 atom stereocenters. The smallest absolute Gasteiger partial charge is 0.330 e. The highest BCUT2D eigenvalue weighted by molar-refractivity contribution is 5.83. The van der Waals surface area contributed by atoms with Gasteiger partial charge in [-0.3, -0.25) is 0 Å². The number of carbonyl (C=O) groups excluding carboxylic acids is 1. The average Bonchev–Trinajstić information content (AvgIpc) is 2.94. The predicted octanol–water partition coefficient (Wildman–Crippen LogP) is 3.36. The molecule has 0 aliphatic carbocycles. The molecule has 0 saturated carbocycles. The van der Waals surface area contributed by atoms with E-state index in [-0.39, 0.29) is 17.4 Å². The van der Waals surface area contributed by atoms with Crippen LogP contribution < -0.4 is 5.48 Å². The number of hydroxylamine groups is 1.